The molecule has 1 N–H and O–H groups in total. The lowest BCUT2D eigenvalue weighted by Crippen LogP contribution is -2.20. The molecule has 0 bridgehead atoms. The minimum absolute atomic E-state index is 0.104. The molecule has 0 radical (unpaired) electrons. The molecule has 0 saturated carbocycles. The van der Waals surface area contributed by atoms with E-state index in [-0.39, 0.29) is 16.3 Å². The van der Waals surface area contributed by atoms with E-state index in [2.05, 4.69) is 5.32 Å². The first-order valence-electron chi connectivity index (χ1n) is 7.31. The Morgan fingerprint density at radius 3 is 2.56 bits per heavy atom. The van der Waals surface area contributed by atoms with Crippen molar-refractivity contribution in [3.8, 4) is 5.75 Å². The Morgan fingerprint density at radius 1 is 1.22 bits per heavy atom. The first-order valence-corrected chi connectivity index (χ1v) is 8.29. The maximum atomic E-state index is 13.5. The molecule has 144 valence electrons. The van der Waals surface area contributed by atoms with Gasteiger partial charge in [0.25, 0.3) is 5.91 Å². The van der Waals surface area contributed by atoms with Crippen LogP contribution in [0.15, 0.2) is 47.4 Å². The summed E-state index contributed by atoms with van der Waals surface area (Å²) in [5.41, 5.74) is -0.558. The van der Waals surface area contributed by atoms with Gasteiger partial charge in [0.1, 0.15) is 5.75 Å². The summed E-state index contributed by atoms with van der Waals surface area (Å²) in [4.78, 5) is 21.8. The predicted molar refractivity (Wildman–Crippen MR) is 90.4 cm³/mol. The summed E-state index contributed by atoms with van der Waals surface area (Å²) in [5.74, 6) is -3.02. The van der Waals surface area contributed by atoms with E-state index in [0.717, 1.165) is 18.2 Å². The van der Waals surface area contributed by atoms with Gasteiger partial charge in [-0.1, -0.05) is 12.1 Å². The van der Waals surface area contributed by atoms with Crippen LogP contribution in [-0.4, -0.2) is 29.4 Å². The quantitative estimate of drug-likeness (QED) is 0.320. The van der Waals surface area contributed by atoms with Gasteiger partial charge in [0.15, 0.2) is 6.61 Å². The summed E-state index contributed by atoms with van der Waals surface area (Å²) in [7, 11) is 0. The number of nitro benzene ring substituents is 1. The monoisotopic (exact) mass is 404 g/mol. The van der Waals surface area contributed by atoms with Crippen molar-refractivity contribution in [2.75, 3.05) is 17.7 Å². The zero-order valence-electron chi connectivity index (χ0n) is 13.5. The van der Waals surface area contributed by atoms with Crippen molar-refractivity contribution < 1.29 is 32.0 Å². The van der Waals surface area contributed by atoms with E-state index in [1.165, 1.54) is 18.2 Å². The van der Waals surface area contributed by atoms with Crippen molar-refractivity contribution in [1.82, 2.24) is 0 Å². The molecular weight excluding hydrogens is 392 g/mol. The van der Waals surface area contributed by atoms with Gasteiger partial charge in [0.05, 0.1) is 16.4 Å². The fraction of sp³-hybridized carbons (Fsp3) is 0.188. The minimum Gasteiger partial charge on any atom is -0.484 e. The van der Waals surface area contributed by atoms with E-state index in [1.54, 1.807) is 6.07 Å². The summed E-state index contributed by atoms with van der Waals surface area (Å²) >= 11 is 0.523. The van der Waals surface area contributed by atoms with Gasteiger partial charge in [-0.25, -0.2) is 0 Å². The topological polar surface area (TPSA) is 81.5 Å². The number of halogens is 4. The van der Waals surface area contributed by atoms with Crippen molar-refractivity contribution in [3.63, 3.8) is 0 Å². The summed E-state index contributed by atoms with van der Waals surface area (Å²) in [5, 5.41) is 12.9. The number of hydrogen-bond donors (Lipinski definition) is 1. The zero-order chi connectivity index (χ0) is 20.0. The SMILES string of the molecule is O=C(COc1ccc([N+](=O)[O-])c(F)c1)Nc1ccccc1SCC(F)(F)F. The Balaban J connectivity index is 1.96. The van der Waals surface area contributed by atoms with Gasteiger partial charge >= 0.3 is 11.9 Å². The number of carbonyl (C=O) groups excluding carboxylic acids is 1. The standard InChI is InChI=1S/C16H12F4N2O4S/c17-11-7-10(5-6-13(11)22(24)25)26-8-15(23)21-12-3-1-2-4-14(12)27-9-16(18,19)20/h1-7H,8-9H2,(H,21,23). The highest BCUT2D eigenvalue weighted by Crippen LogP contribution is 2.32. The third-order valence-corrected chi connectivity index (χ3v) is 4.18. The number of amides is 1. The fourth-order valence-electron chi connectivity index (χ4n) is 1.92. The predicted octanol–water partition coefficient (Wildman–Crippen LogP) is 4.41. The second kappa shape index (κ2) is 8.71. The van der Waals surface area contributed by atoms with E-state index in [9.17, 15) is 32.5 Å². The Hall–Kier alpha value is -2.82. The number of anilines is 1. The molecule has 1 amide bonds. The molecule has 0 heterocycles. The van der Waals surface area contributed by atoms with Gasteiger partial charge in [-0.05, 0) is 18.2 Å². The number of hydrogen-bond acceptors (Lipinski definition) is 5. The largest absolute Gasteiger partial charge is 0.484 e. The van der Waals surface area contributed by atoms with Crippen molar-refractivity contribution in [3.05, 3.63) is 58.4 Å². The van der Waals surface area contributed by atoms with Crippen molar-refractivity contribution in [2.24, 2.45) is 0 Å². The molecule has 6 nitrogen and oxygen atoms in total. The van der Waals surface area contributed by atoms with Gasteiger partial charge in [-0.3, -0.25) is 14.9 Å². The molecule has 0 aliphatic heterocycles. The first kappa shape index (κ1) is 20.5. The number of rotatable bonds is 7. The summed E-state index contributed by atoms with van der Waals surface area (Å²) in [6.45, 7) is -0.560. The number of ether oxygens (including phenoxy) is 1. The normalized spacial score (nSPS) is 11.1. The van der Waals surface area contributed by atoms with E-state index >= 15 is 0 Å². The summed E-state index contributed by atoms with van der Waals surface area (Å²) < 4.78 is 55.6. The van der Waals surface area contributed by atoms with Crippen LogP contribution in [-0.2, 0) is 4.79 Å². The van der Waals surface area contributed by atoms with Crippen LogP contribution in [0.5, 0.6) is 5.75 Å². The summed E-state index contributed by atoms with van der Waals surface area (Å²) in [6.07, 6.45) is -4.36. The van der Waals surface area contributed by atoms with Gasteiger partial charge in [0, 0.05) is 17.0 Å². The highest BCUT2D eigenvalue weighted by molar-refractivity contribution is 7.99. The molecular formula is C16H12F4N2O4S. The lowest BCUT2D eigenvalue weighted by Gasteiger charge is -2.12. The number of alkyl halides is 3. The highest BCUT2D eigenvalue weighted by atomic mass is 32.2. The third-order valence-electron chi connectivity index (χ3n) is 3.04. The third kappa shape index (κ3) is 6.44. The molecule has 0 atom stereocenters. The molecule has 0 aromatic heterocycles. The number of nitro groups is 1. The lowest BCUT2D eigenvalue weighted by molar-refractivity contribution is -0.387. The molecule has 27 heavy (non-hydrogen) atoms. The molecule has 11 heteroatoms. The number of carbonyl (C=O) groups is 1. The average Bonchev–Trinajstić information content (AvgIpc) is 2.58. The molecule has 0 spiro atoms. The van der Waals surface area contributed by atoms with E-state index in [0.29, 0.717) is 11.8 Å². The lowest BCUT2D eigenvalue weighted by atomic mass is 10.3. The maximum absolute atomic E-state index is 13.5. The number of para-hydroxylation sites is 1. The molecule has 0 saturated heterocycles. The Kier molecular flexibility index (Phi) is 6.61. The van der Waals surface area contributed by atoms with E-state index in [1.807, 2.05) is 0 Å². The number of thioether (sulfide) groups is 1. The zero-order valence-corrected chi connectivity index (χ0v) is 14.3. The Labute approximate surface area is 154 Å². The second-order valence-electron chi connectivity index (χ2n) is 5.11. The van der Waals surface area contributed by atoms with Gasteiger partial charge in [-0.15, -0.1) is 11.8 Å². The van der Waals surface area contributed by atoms with Crippen LogP contribution >= 0.6 is 11.8 Å². The smallest absolute Gasteiger partial charge is 0.398 e. The molecule has 0 fully saturated rings. The molecule has 2 aromatic rings. The van der Waals surface area contributed by atoms with Crippen LogP contribution in [0.2, 0.25) is 0 Å². The fourth-order valence-corrected chi connectivity index (χ4v) is 2.68. The van der Waals surface area contributed by atoms with Crippen molar-refractivity contribution in [2.45, 2.75) is 11.1 Å². The van der Waals surface area contributed by atoms with Crippen molar-refractivity contribution >= 4 is 29.0 Å². The van der Waals surface area contributed by atoms with E-state index < -0.39 is 40.9 Å². The van der Waals surface area contributed by atoms with Crippen LogP contribution in [0.3, 0.4) is 0 Å². The molecule has 0 unspecified atom stereocenters. The average molecular weight is 404 g/mol. The van der Waals surface area contributed by atoms with E-state index in [4.69, 9.17) is 4.74 Å². The first-order chi connectivity index (χ1) is 12.7. The van der Waals surface area contributed by atoms with Gasteiger partial charge < -0.3 is 10.1 Å². The van der Waals surface area contributed by atoms with Crippen LogP contribution in [0, 0.1) is 15.9 Å². The second-order valence-corrected chi connectivity index (χ2v) is 6.12. The number of nitrogens with zero attached hydrogens (tertiary/aromatic N) is 1. The van der Waals surface area contributed by atoms with Gasteiger partial charge in [-0.2, -0.15) is 17.6 Å². The number of nitrogens with one attached hydrogen (secondary N) is 1. The van der Waals surface area contributed by atoms with Gasteiger partial charge in [0.2, 0.25) is 5.82 Å². The van der Waals surface area contributed by atoms with Crippen LogP contribution < -0.4 is 10.1 Å². The summed E-state index contributed by atoms with van der Waals surface area (Å²) in [6, 6.07) is 8.72. The molecule has 2 rings (SSSR count). The molecule has 2 aromatic carbocycles. The molecule has 0 aliphatic rings. The molecule has 0 aliphatic carbocycles. The minimum atomic E-state index is -4.36. The highest BCUT2D eigenvalue weighted by Gasteiger charge is 2.27. The maximum Gasteiger partial charge on any atom is 0.398 e. The van der Waals surface area contributed by atoms with Crippen molar-refractivity contribution in [1.29, 1.82) is 0 Å². The van der Waals surface area contributed by atoms with Crippen LogP contribution in [0.25, 0.3) is 0 Å². The Bertz CT molecular complexity index is 845. The Morgan fingerprint density at radius 2 is 1.93 bits per heavy atom. The van der Waals surface area contributed by atoms with Crippen LogP contribution in [0.4, 0.5) is 28.9 Å². The van der Waals surface area contributed by atoms with Crippen LogP contribution in [0.1, 0.15) is 0 Å². The number of benzene rings is 2.